The van der Waals surface area contributed by atoms with Gasteiger partial charge in [-0.05, 0) is 20.1 Å². The van der Waals surface area contributed by atoms with Crippen LogP contribution in [-0.4, -0.2) is 20.6 Å². The van der Waals surface area contributed by atoms with Gasteiger partial charge in [-0.2, -0.15) is 0 Å². The zero-order chi connectivity index (χ0) is 11.9. The molecule has 0 fully saturated rings. The highest BCUT2D eigenvalue weighted by Crippen LogP contribution is 2.11. The SMILES string of the molecule is CSc1cc(=O)[nH]c2nc(C)c(C)c(=O)n12. The fourth-order valence-corrected chi connectivity index (χ4v) is 2.05. The summed E-state index contributed by atoms with van der Waals surface area (Å²) in [6.07, 6.45) is 1.82. The summed E-state index contributed by atoms with van der Waals surface area (Å²) in [5.41, 5.74) is 0.848. The van der Waals surface area contributed by atoms with Crippen molar-refractivity contribution in [3.63, 3.8) is 0 Å². The Morgan fingerprint density at radius 2 is 2.06 bits per heavy atom. The van der Waals surface area contributed by atoms with Gasteiger partial charge in [-0.25, -0.2) is 9.38 Å². The summed E-state index contributed by atoms with van der Waals surface area (Å²) in [5, 5.41) is 0.597. The number of rotatable bonds is 1. The van der Waals surface area contributed by atoms with Crippen LogP contribution in [0.3, 0.4) is 0 Å². The standard InChI is InChI=1S/C10H11N3O2S/c1-5-6(2)11-10-12-7(14)4-8(16-3)13(10)9(5)15/h4H,1-3H3,(H,11,12,14). The molecule has 0 aliphatic carbocycles. The highest BCUT2D eigenvalue weighted by Gasteiger charge is 2.09. The summed E-state index contributed by atoms with van der Waals surface area (Å²) in [4.78, 5) is 30.1. The van der Waals surface area contributed by atoms with Crippen LogP contribution >= 0.6 is 11.8 Å². The summed E-state index contributed by atoms with van der Waals surface area (Å²) < 4.78 is 1.42. The zero-order valence-corrected chi connectivity index (χ0v) is 10.0. The zero-order valence-electron chi connectivity index (χ0n) is 9.20. The van der Waals surface area contributed by atoms with E-state index in [9.17, 15) is 9.59 Å². The molecule has 0 unspecified atom stereocenters. The minimum atomic E-state index is -0.250. The van der Waals surface area contributed by atoms with E-state index in [1.165, 1.54) is 22.2 Å². The molecule has 6 heteroatoms. The van der Waals surface area contributed by atoms with E-state index in [0.717, 1.165) is 0 Å². The number of thioether (sulfide) groups is 1. The number of nitrogens with one attached hydrogen (secondary N) is 1. The molecule has 0 saturated carbocycles. The lowest BCUT2D eigenvalue weighted by Crippen LogP contribution is -2.24. The van der Waals surface area contributed by atoms with E-state index in [-0.39, 0.29) is 11.1 Å². The van der Waals surface area contributed by atoms with E-state index < -0.39 is 0 Å². The number of fused-ring (bicyclic) bond motifs is 1. The number of aryl methyl sites for hydroxylation is 1. The lowest BCUT2D eigenvalue weighted by Gasteiger charge is -2.07. The molecule has 2 rings (SSSR count). The van der Waals surface area contributed by atoms with Crippen LogP contribution in [0.25, 0.3) is 5.78 Å². The van der Waals surface area contributed by atoms with E-state index in [0.29, 0.717) is 22.1 Å². The van der Waals surface area contributed by atoms with Crippen LogP contribution in [0.2, 0.25) is 0 Å². The Balaban J connectivity index is 3.08. The fraction of sp³-hybridized carbons (Fsp3) is 0.300. The smallest absolute Gasteiger partial charge is 0.263 e. The topological polar surface area (TPSA) is 67.2 Å². The quantitative estimate of drug-likeness (QED) is 0.586. The number of nitrogens with zero attached hydrogens (tertiary/aromatic N) is 2. The van der Waals surface area contributed by atoms with Gasteiger partial charge in [0.25, 0.3) is 11.1 Å². The van der Waals surface area contributed by atoms with Gasteiger partial charge in [0.2, 0.25) is 5.78 Å². The molecule has 1 N–H and O–H groups in total. The van der Waals surface area contributed by atoms with Crippen LogP contribution in [0.1, 0.15) is 11.3 Å². The largest absolute Gasteiger partial charge is 0.292 e. The number of aromatic amines is 1. The third-order valence-electron chi connectivity index (χ3n) is 2.47. The van der Waals surface area contributed by atoms with Crippen LogP contribution < -0.4 is 11.1 Å². The van der Waals surface area contributed by atoms with Gasteiger partial charge in [0.15, 0.2) is 0 Å². The summed E-state index contributed by atoms with van der Waals surface area (Å²) in [5.74, 6) is 0.296. The Labute approximate surface area is 95.5 Å². The maximum Gasteiger partial charge on any atom is 0.263 e. The summed E-state index contributed by atoms with van der Waals surface area (Å²) in [7, 11) is 0. The molecule has 0 amide bonds. The van der Waals surface area contributed by atoms with Crippen LogP contribution in [0.5, 0.6) is 0 Å². The molecule has 5 nitrogen and oxygen atoms in total. The second kappa shape index (κ2) is 3.79. The van der Waals surface area contributed by atoms with E-state index >= 15 is 0 Å². The molecule has 0 radical (unpaired) electrons. The molecule has 0 spiro atoms. The molecule has 0 aliphatic heterocycles. The second-order valence-electron chi connectivity index (χ2n) is 3.46. The van der Waals surface area contributed by atoms with E-state index in [2.05, 4.69) is 9.97 Å². The van der Waals surface area contributed by atoms with Crippen LogP contribution in [0.4, 0.5) is 0 Å². The van der Waals surface area contributed by atoms with Crippen molar-refractivity contribution in [3.05, 3.63) is 38.0 Å². The first-order valence-corrected chi connectivity index (χ1v) is 5.94. The van der Waals surface area contributed by atoms with Gasteiger partial charge in [-0.15, -0.1) is 11.8 Å². The summed E-state index contributed by atoms with van der Waals surface area (Å²) >= 11 is 1.34. The van der Waals surface area contributed by atoms with Gasteiger partial charge in [0.05, 0.1) is 5.03 Å². The molecule has 2 aromatic heterocycles. The molecule has 0 aliphatic rings. The fourth-order valence-electron chi connectivity index (χ4n) is 1.47. The highest BCUT2D eigenvalue weighted by molar-refractivity contribution is 7.98. The van der Waals surface area contributed by atoms with Crippen molar-refractivity contribution in [2.75, 3.05) is 6.26 Å². The Morgan fingerprint density at radius 3 is 2.69 bits per heavy atom. The first-order valence-electron chi connectivity index (χ1n) is 4.72. The maximum absolute atomic E-state index is 12.0. The van der Waals surface area contributed by atoms with Crippen molar-refractivity contribution in [2.45, 2.75) is 18.9 Å². The molecular weight excluding hydrogens is 226 g/mol. The minimum absolute atomic E-state index is 0.136. The van der Waals surface area contributed by atoms with Crippen molar-refractivity contribution >= 4 is 17.5 Å². The maximum atomic E-state index is 12.0. The van der Waals surface area contributed by atoms with Gasteiger partial charge in [-0.3, -0.25) is 14.6 Å². The van der Waals surface area contributed by atoms with Crippen molar-refractivity contribution in [1.82, 2.24) is 14.4 Å². The number of H-pyrrole nitrogens is 1. The third kappa shape index (κ3) is 1.55. The molecule has 2 heterocycles. The molecule has 0 saturated heterocycles. The monoisotopic (exact) mass is 237 g/mol. The normalized spacial score (nSPS) is 10.9. The van der Waals surface area contributed by atoms with Crippen molar-refractivity contribution in [2.24, 2.45) is 0 Å². The highest BCUT2D eigenvalue weighted by atomic mass is 32.2. The van der Waals surface area contributed by atoms with E-state index in [1.807, 2.05) is 6.26 Å². The summed E-state index contributed by atoms with van der Waals surface area (Å²) in [6, 6.07) is 1.40. The third-order valence-corrected chi connectivity index (χ3v) is 3.19. The Hall–Kier alpha value is -1.56. The average Bonchev–Trinajstić information content (AvgIpc) is 2.24. The van der Waals surface area contributed by atoms with Gasteiger partial charge < -0.3 is 0 Å². The van der Waals surface area contributed by atoms with Crippen LogP contribution in [-0.2, 0) is 0 Å². The molecular formula is C10H11N3O2S. The average molecular weight is 237 g/mol. The summed E-state index contributed by atoms with van der Waals surface area (Å²) in [6.45, 7) is 3.48. The van der Waals surface area contributed by atoms with Gasteiger partial charge in [0, 0.05) is 17.3 Å². The molecule has 0 bridgehead atoms. The first kappa shape index (κ1) is 10.9. The predicted molar refractivity (Wildman–Crippen MR) is 63.3 cm³/mol. The van der Waals surface area contributed by atoms with Gasteiger partial charge >= 0.3 is 0 Å². The Bertz CT molecular complexity index is 672. The van der Waals surface area contributed by atoms with Crippen molar-refractivity contribution in [1.29, 1.82) is 0 Å². The van der Waals surface area contributed by atoms with E-state index in [4.69, 9.17) is 0 Å². The number of aromatic nitrogens is 3. The van der Waals surface area contributed by atoms with Gasteiger partial charge in [-0.1, -0.05) is 0 Å². The van der Waals surface area contributed by atoms with E-state index in [1.54, 1.807) is 13.8 Å². The van der Waals surface area contributed by atoms with Crippen LogP contribution in [0, 0.1) is 13.8 Å². The van der Waals surface area contributed by atoms with Crippen molar-refractivity contribution in [3.8, 4) is 0 Å². The van der Waals surface area contributed by atoms with Gasteiger partial charge in [0.1, 0.15) is 0 Å². The molecule has 0 aromatic carbocycles. The predicted octanol–water partition coefficient (Wildman–Crippen LogP) is 0.722. The molecule has 84 valence electrons. The minimum Gasteiger partial charge on any atom is -0.292 e. The number of hydrogen-bond donors (Lipinski definition) is 1. The molecule has 16 heavy (non-hydrogen) atoms. The van der Waals surface area contributed by atoms with Crippen molar-refractivity contribution < 1.29 is 0 Å². The first-order chi connectivity index (χ1) is 7.54. The number of hydrogen-bond acceptors (Lipinski definition) is 4. The second-order valence-corrected chi connectivity index (χ2v) is 4.29. The lowest BCUT2D eigenvalue weighted by molar-refractivity contribution is 0.861. The van der Waals surface area contributed by atoms with Crippen LogP contribution in [0.15, 0.2) is 20.7 Å². The molecule has 2 aromatic rings. The Morgan fingerprint density at radius 1 is 1.38 bits per heavy atom. The lowest BCUT2D eigenvalue weighted by atomic mass is 10.3. The molecule has 0 atom stereocenters. The Kier molecular flexibility index (Phi) is 2.59.